The Labute approximate surface area is 102 Å². The van der Waals surface area contributed by atoms with Crippen molar-refractivity contribution in [1.29, 1.82) is 0 Å². The molecule has 1 aliphatic carbocycles. The molecule has 0 amide bonds. The topological polar surface area (TPSA) is 156 Å². The third-order valence-electron chi connectivity index (χ3n) is 3.51. The molecule has 8 heteroatoms. The van der Waals surface area contributed by atoms with Gasteiger partial charge in [-0.3, -0.25) is 9.59 Å². The lowest BCUT2D eigenvalue weighted by Gasteiger charge is -2.51. The largest absolute Gasteiger partial charge is 0.387 e. The highest BCUT2D eigenvalue weighted by molar-refractivity contribution is 5.92. The number of Topliss-reactive ketones (excluding diaryl/α,β-unsaturated/α-hetero) is 2. The number of hydrogen-bond acceptors (Lipinski definition) is 8. The maximum Gasteiger partial charge on any atom is 0.180 e. The highest BCUT2D eigenvalue weighted by Crippen LogP contribution is 2.37. The predicted molar refractivity (Wildman–Crippen MR) is 55.3 cm³/mol. The molecule has 1 aliphatic rings. The summed E-state index contributed by atoms with van der Waals surface area (Å²) >= 11 is 0. The molecule has 6 N–H and O–H groups in total. The quantitative estimate of drug-likeness (QED) is 0.295. The zero-order valence-corrected chi connectivity index (χ0v) is 9.81. The summed E-state index contributed by atoms with van der Waals surface area (Å²) in [6.07, 6.45) is -9.11. The number of hydrogen-bond donors (Lipinski definition) is 6. The Bertz CT molecular complexity index is 348. The van der Waals surface area contributed by atoms with Crippen LogP contribution in [0.1, 0.15) is 13.8 Å². The zero-order chi connectivity index (χ0) is 14.5. The lowest BCUT2D eigenvalue weighted by molar-refractivity contribution is -0.284. The van der Waals surface area contributed by atoms with E-state index in [2.05, 4.69) is 0 Å². The van der Waals surface area contributed by atoms with E-state index in [0.717, 1.165) is 13.8 Å². The summed E-state index contributed by atoms with van der Waals surface area (Å²) < 4.78 is 0. The average Bonchev–Trinajstić information content (AvgIpc) is 2.30. The minimum absolute atomic E-state index is 0.803. The van der Waals surface area contributed by atoms with E-state index >= 15 is 0 Å². The van der Waals surface area contributed by atoms with Gasteiger partial charge in [-0.2, -0.15) is 0 Å². The molecule has 0 aromatic heterocycles. The van der Waals surface area contributed by atoms with Gasteiger partial charge in [-0.15, -0.1) is 0 Å². The summed E-state index contributed by atoms with van der Waals surface area (Å²) in [5.41, 5.74) is -5.89. The fourth-order valence-corrected chi connectivity index (χ4v) is 2.15. The van der Waals surface area contributed by atoms with E-state index in [1.165, 1.54) is 0 Å². The Balaban J connectivity index is 3.43. The fraction of sp³-hybridized carbons (Fsp3) is 0.800. The monoisotopic (exact) mass is 264 g/mol. The van der Waals surface area contributed by atoms with Crippen LogP contribution < -0.4 is 0 Å². The molecule has 0 aromatic carbocycles. The van der Waals surface area contributed by atoms with Crippen molar-refractivity contribution in [3.8, 4) is 0 Å². The lowest BCUT2D eigenvalue weighted by Crippen LogP contribution is -2.80. The van der Waals surface area contributed by atoms with E-state index in [1.807, 2.05) is 0 Å². The Morgan fingerprint density at radius 2 is 1.11 bits per heavy atom. The Morgan fingerprint density at radius 1 is 0.833 bits per heavy atom. The Hall–Kier alpha value is -0.900. The van der Waals surface area contributed by atoms with Crippen molar-refractivity contribution >= 4 is 11.6 Å². The highest BCUT2D eigenvalue weighted by Gasteiger charge is 2.68. The molecule has 0 aliphatic heterocycles. The van der Waals surface area contributed by atoms with Crippen LogP contribution in [0.3, 0.4) is 0 Å². The molecule has 1 fully saturated rings. The van der Waals surface area contributed by atoms with Crippen LogP contribution in [0, 0.1) is 0 Å². The first-order valence-electron chi connectivity index (χ1n) is 5.21. The van der Waals surface area contributed by atoms with Crippen LogP contribution in [0.2, 0.25) is 0 Å². The lowest BCUT2D eigenvalue weighted by atomic mass is 9.65. The van der Waals surface area contributed by atoms with Gasteiger partial charge in [0, 0.05) is 0 Å². The van der Waals surface area contributed by atoms with Gasteiger partial charge in [0.2, 0.25) is 0 Å². The van der Waals surface area contributed by atoms with Gasteiger partial charge in [0.1, 0.15) is 24.4 Å². The number of carbonyl (C=O) groups is 2. The van der Waals surface area contributed by atoms with Crippen LogP contribution in [-0.2, 0) is 9.59 Å². The summed E-state index contributed by atoms with van der Waals surface area (Å²) in [7, 11) is 0. The SMILES string of the molecule is CC(=O)[C@@]1(O)C(O)[C@@](O)(C(C)=O)[C@@H](O)C(O)[C@H]1O. The minimum Gasteiger partial charge on any atom is -0.387 e. The predicted octanol–water partition coefficient (Wildman–Crippen LogP) is -3.92. The number of ketones is 2. The first kappa shape index (κ1) is 15.2. The Morgan fingerprint density at radius 3 is 1.33 bits per heavy atom. The molecule has 0 aromatic rings. The molecular weight excluding hydrogens is 248 g/mol. The molecule has 8 nitrogen and oxygen atoms in total. The van der Waals surface area contributed by atoms with Crippen molar-refractivity contribution in [2.45, 2.75) is 49.5 Å². The number of aliphatic hydroxyl groups excluding tert-OH is 4. The molecule has 0 spiro atoms. The van der Waals surface area contributed by atoms with E-state index < -0.39 is 47.2 Å². The fourth-order valence-electron chi connectivity index (χ4n) is 2.15. The van der Waals surface area contributed by atoms with Gasteiger partial charge in [0.05, 0.1) is 0 Å². The first-order chi connectivity index (χ1) is 8.02. The van der Waals surface area contributed by atoms with E-state index in [9.17, 15) is 40.2 Å². The maximum absolute atomic E-state index is 11.3. The smallest absolute Gasteiger partial charge is 0.180 e. The molecule has 1 saturated carbocycles. The molecule has 0 bridgehead atoms. The van der Waals surface area contributed by atoms with Gasteiger partial charge in [-0.05, 0) is 13.8 Å². The van der Waals surface area contributed by atoms with Crippen molar-refractivity contribution in [1.82, 2.24) is 0 Å². The van der Waals surface area contributed by atoms with Crippen LogP contribution in [0.4, 0.5) is 0 Å². The van der Waals surface area contributed by atoms with Crippen molar-refractivity contribution in [3.05, 3.63) is 0 Å². The van der Waals surface area contributed by atoms with Crippen molar-refractivity contribution in [3.63, 3.8) is 0 Å². The second-order valence-electron chi connectivity index (χ2n) is 4.55. The Kier molecular flexibility index (Phi) is 3.65. The first-order valence-corrected chi connectivity index (χ1v) is 5.21. The molecule has 18 heavy (non-hydrogen) atoms. The third-order valence-corrected chi connectivity index (χ3v) is 3.51. The summed E-state index contributed by atoms with van der Waals surface area (Å²) in [6.45, 7) is 1.61. The average molecular weight is 264 g/mol. The standard InChI is InChI=1S/C10H16O8/c1-3(11)9(17)6(14)5(13)7(15)10(18,4(2)12)8(9)16/h5-8,13-18H,1-2H3/t5?,6-,7+,8?,9+,10-. The maximum atomic E-state index is 11.3. The van der Waals surface area contributed by atoms with E-state index in [-0.39, 0.29) is 0 Å². The normalized spacial score (nSPS) is 48.9. The highest BCUT2D eigenvalue weighted by atomic mass is 16.4. The molecule has 1 rings (SSSR count). The van der Waals surface area contributed by atoms with Crippen LogP contribution in [0.15, 0.2) is 0 Å². The summed E-state index contributed by atoms with van der Waals surface area (Å²) in [4.78, 5) is 22.6. The van der Waals surface area contributed by atoms with Gasteiger partial charge in [0.15, 0.2) is 22.8 Å². The second-order valence-corrected chi connectivity index (χ2v) is 4.55. The summed E-state index contributed by atoms with van der Waals surface area (Å²) in [5, 5.41) is 58.2. The third kappa shape index (κ3) is 1.62. The molecule has 0 heterocycles. The van der Waals surface area contributed by atoms with Gasteiger partial charge < -0.3 is 30.6 Å². The van der Waals surface area contributed by atoms with Crippen molar-refractivity contribution in [2.24, 2.45) is 0 Å². The molecular formula is C10H16O8. The van der Waals surface area contributed by atoms with Crippen LogP contribution in [-0.4, -0.2) is 77.8 Å². The number of aliphatic hydroxyl groups is 6. The molecule has 0 saturated heterocycles. The number of rotatable bonds is 2. The van der Waals surface area contributed by atoms with E-state index in [0.29, 0.717) is 0 Å². The van der Waals surface area contributed by atoms with E-state index in [1.54, 1.807) is 0 Å². The summed E-state index contributed by atoms with van der Waals surface area (Å²) in [5.74, 6) is -2.32. The minimum atomic E-state index is -2.95. The van der Waals surface area contributed by atoms with E-state index in [4.69, 9.17) is 0 Å². The van der Waals surface area contributed by atoms with Crippen LogP contribution >= 0.6 is 0 Å². The van der Waals surface area contributed by atoms with Gasteiger partial charge in [-0.25, -0.2) is 0 Å². The summed E-state index contributed by atoms with van der Waals surface area (Å²) in [6, 6.07) is 0. The van der Waals surface area contributed by atoms with Crippen LogP contribution in [0.25, 0.3) is 0 Å². The molecule has 6 atom stereocenters. The molecule has 2 unspecified atom stereocenters. The van der Waals surface area contributed by atoms with Gasteiger partial charge in [0.25, 0.3) is 0 Å². The number of carbonyl (C=O) groups excluding carboxylic acids is 2. The molecule has 0 radical (unpaired) electrons. The van der Waals surface area contributed by atoms with Gasteiger partial charge >= 0.3 is 0 Å². The van der Waals surface area contributed by atoms with Crippen LogP contribution in [0.5, 0.6) is 0 Å². The van der Waals surface area contributed by atoms with Gasteiger partial charge in [-0.1, -0.05) is 0 Å². The second kappa shape index (κ2) is 4.34. The van der Waals surface area contributed by atoms with Crippen molar-refractivity contribution in [2.75, 3.05) is 0 Å². The van der Waals surface area contributed by atoms with Crippen molar-refractivity contribution < 1.29 is 40.2 Å². The zero-order valence-electron chi connectivity index (χ0n) is 9.81. The molecule has 104 valence electrons.